The molecule has 25 heavy (non-hydrogen) atoms. The fourth-order valence-corrected chi connectivity index (χ4v) is 2.73. The molecule has 1 aliphatic heterocycles. The molecule has 134 valence electrons. The van der Waals surface area contributed by atoms with Gasteiger partial charge in [-0.15, -0.1) is 0 Å². The van der Waals surface area contributed by atoms with Crippen LogP contribution in [0.1, 0.15) is 43.1 Å². The molecule has 0 spiro atoms. The molecule has 3 rings (SSSR count). The first-order valence-electron chi connectivity index (χ1n) is 8.18. The lowest BCUT2D eigenvalue weighted by molar-refractivity contribution is -0.136. The van der Waals surface area contributed by atoms with Crippen LogP contribution in [0.25, 0.3) is 0 Å². The number of aryl methyl sites for hydroxylation is 1. The fourth-order valence-electron chi connectivity index (χ4n) is 2.73. The zero-order chi connectivity index (χ0) is 17.8. The molecule has 9 heteroatoms. The lowest BCUT2D eigenvalue weighted by atomic mass is 9.99. The fraction of sp³-hybridized carbons (Fsp3) is 0.500. The molecule has 1 fully saturated rings. The summed E-state index contributed by atoms with van der Waals surface area (Å²) in [6.07, 6.45) is 3.40. The number of ether oxygens (including phenoxy) is 1. The lowest BCUT2D eigenvalue weighted by Gasteiger charge is -2.19. The Hall–Kier alpha value is -2.68. The second-order valence-corrected chi connectivity index (χ2v) is 6.07. The first kappa shape index (κ1) is 17.2. The van der Waals surface area contributed by atoms with Gasteiger partial charge >= 0.3 is 11.8 Å². The zero-order valence-corrected chi connectivity index (χ0v) is 14.2. The Bertz CT molecular complexity index is 734. The van der Waals surface area contributed by atoms with E-state index in [9.17, 15) is 9.59 Å². The average Bonchev–Trinajstić information content (AvgIpc) is 3.26. The third-order valence-corrected chi connectivity index (χ3v) is 4.17. The summed E-state index contributed by atoms with van der Waals surface area (Å²) in [5.74, 6) is -0.828. The van der Waals surface area contributed by atoms with Gasteiger partial charge in [-0.1, -0.05) is 5.16 Å². The van der Waals surface area contributed by atoms with Crippen molar-refractivity contribution >= 4 is 17.6 Å². The second-order valence-electron chi connectivity index (χ2n) is 6.07. The minimum absolute atomic E-state index is 0.214. The molecule has 0 bridgehead atoms. The topological polar surface area (TPSA) is 111 Å². The number of carbonyl (C=O) groups excluding carboxylic acids is 2. The van der Waals surface area contributed by atoms with Crippen LogP contribution >= 0.6 is 0 Å². The SMILES string of the molecule is CC(NC(=O)C(=O)Nc1cc(C2CCCOC2)nn1C)c1ccon1. The van der Waals surface area contributed by atoms with Crippen molar-refractivity contribution in [1.29, 1.82) is 0 Å². The van der Waals surface area contributed by atoms with E-state index in [4.69, 9.17) is 9.26 Å². The quantitative estimate of drug-likeness (QED) is 0.802. The van der Waals surface area contributed by atoms with Crippen LogP contribution in [0.2, 0.25) is 0 Å². The predicted molar refractivity (Wildman–Crippen MR) is 87.7 cm³/mol. The smallest absolute Gasteiger partial charge is 0.314 e. The largest absolute Gasteiger partial charge is 0.381 e. The van der Waals surface area contributed by atoms with Crippen molar-refractivity contribution in [3.8, 4) is 0 Å². The van der Waals surface area contributed by atoms with Crippen molar-refractivity contribution in [3.05, 3.63) is 29.8 Å². The number of anilines is 1. The van der Waals surface area contributed by atoms with Crippen molar-refractivity contribution in [2.45, 2.75) is 31.7 Å². The summed E-state index contributed by atoms with van der Waals surface area (Å²) in [5, 5.41) is 13.3. The maximum atomic E-state index is 12.1. The molecule has 1 saturated heterocycles. The Balaban J connectivity index is 1.60. The van der Waals surface area contributed by atoms with Gasteiger partial charge in [0.1, 0.15) is 17.8 Å². The van der Waals surface area contributed by atoms with Gasteiger partial charge in [0.2, 0.25) is 0 Å². The third-order valence-electron chi connectivity index (χ3n) is 4.17. The minimum Gasteiger partial charge on any atom is -0.381 e. The van der Waals surface area contributed by atoms with Crippen molar-refractivity contribution in [2.24, 2.45) is 7.05 Å². The standard InChI is InChI=1S/C16H21N5O4/c1-10(12-5-7-25-20-12)17-15(22)16(23)18-14-8-13(19-21(14)2)11-4-3-6-24-9-11/h5,7-8,10-11H,3-4,6,9H2,1-2H3,(H,17,22)(H,18,23). The zero-order valence-electron chi connectivity index (χ0n) is 14.2. The third kappa shape index (κ3) is 4.05. The molecule has 2 N–H and O–H groups in total. The lowest BCUT2D eigenvalue weighted by Crippen LogP contribution is -2.37. The summed E-state index contributed by atoms with van der Waals surface area (Å²) in [7, 11) is 1.72. The molecule has 2 aromatic heterocycles. The highest BCUT2D eigenvalue weighted by Gasteiger charge is 2.23. The van der Waals surface area contributed by atoms with E-state index in [1.807, 2.05) is 0 Å². The van der Waals surface area contributed by atoms with Crippen molar-refractivity contribution in [3.63, 3.8) is 0 Å². The van der Waals surface area contributed by atoms with Gasteiger partial charge in [0.15, 0.2) is 0 Å². The van der Waals surface area contributed by atoms with Gasteiger partial charge in [0.05, 0.1) is 18.3 Å². The molecule has 2 aromatic rings. The Morgan fingerprint density at radius 2 is 2.24 bits per heavy atom. The van der Waals surface area contributed by atoms with E-state index in [1.165, 1.54) is 6.26 Å². The normalized spacial score (nSPS) is 18.6. The van der Waals surface area contributed by atoms with Crippen LogP contribution in [-0.2, 0) is 21.4 Å². The van der Waals surface area contributed by atoms with Gasteiger partial charge in [-0.05, 0) is 19.8 Å². The molecule has 0 aliphatic carbocycles. The van der Waals surface area contributed by atoms with Crippen molar-refractivity contribution in [1.82, 2.24) is 20.3 Å². The van der Waals surface area contributed by atoms with Gasteiger partial charge < -0.3 is 19.9 Å². The molecule has 2 unspecified atom stereocenters. The maximum absolute atomic E-state index is 12.1. The number of carbonyl (C=O) groups is 2. The number of hydrogen-bond donors (Lipinski definition) is 2. The molecule has 2 amide bonds. The molecule has 9 nitrogen and oxygen atoms in total. The molecular weight excluding hydrogens is 326 g/mol. The number of amides is 2. The number of nitrogens with zero attached hydrogens (tertiary/aromatic N) is 3. The first-order chi connectivity index (χ1) is 12.0. The summed E-state index contributed by atoms with van der Waals surface area (Å²) in [6.45, 7) is 3.12. The van der Waals surface area contributed by atoms with E-state index in [2.05, 4.69) is 20.9 Å². The van der Waals surface area contributed by atoms with Crippen LogP contribution < -0.4 is 10.6 Å². The Morgan fingerprint density at radius 3 is 2.92 bits per heavy atom. The average molecular weight is 347 g/mol. The minimum atomic E-state index is -0.759. The highest BCUT2D eigenvalue weighted by atomic mass is 16.5. The van der Waals surface area contributed by atoms with E-state index >= 15 is 0 Å². The van der Waals surface area contributed by atoms with Gasteiger partial charge in [-0.2, -0.15) is 5.10 Å². The van der Waals surface area contributed by atoms with Crippen molar-refractivity contribution < 1.29 is 18.8 Å². The predicted octanol–water partition coefficient (Wildman–Crippen LogP) is 1.12. The van der Waals surface area contributed by atoms with Crippen LogP contribution in [0.15, 0.2) is 22.9 Å². The molecular formula is C16H21N5O4. The Kier molecular flexibility index (Phi) is 5.13. The maximum Gasteiger partial charge on any atom is 0.314 e. The molecule has 2 atom stereocenters. The van der Waals surface area contributed by atoms with E-state index in [0.29, 0.717) is 18.1 Å². The molecule has 3 heterocycles. The van der Waals surface area contributed by atoms with Gasteiger partial charge in [-0.25, -0.2) is 0 Å². The Labute approximate surface area is 144 Å². The number of aromatic nitrogens is 3. The molecule has 1 aliphatic rings. The van der Waals surface area contributed by atoms with Crippen LogP contribution in [0.4, 0.5) is 5.82 Å². The van der Waals surface area contributed by atoms with Gasteiger partial charge in [0, 0.05) is 31.7 Å². The Morgan fingerprint density at radius 1 is 1.40 bits per heavy atom. The number of nitrogens with one attached hydrogen (secondary N) is 2. The second kappa shape index (κ2) is 7.47. The van der Waals surface area contributed by atoms with Gasteiger partial charge in [-0.3, -0.25) is 14.3 Å². The monoisotopic (exact) mass is 347 g/mol. The van der Waals surface area contributed by atoms with Crippen LogP contribution in [0, 0.1) is 0 Å². The molecule has 0 radical (unpaired) electrons. The molecule has 0 aromatic carbocycles. The summed E-state index contributed by atoms with van der Waals surface area (Å²) < 4.78 is 11.7. The van der Waals surface area contributed by atoms with Crippen LogP contribution in [0.5, 0.6) is 0 Å². The number of rotatable bonds is 4. The van der Waals surface area contributed by atoms with Crippen molar-refractivity contribution in [2.75, 3.05) is 18.5 Å². The summed E-state index contributed by atoms with van der Waals surface area (Å²) in [4.78, 5) is 24.2. The highest BCUT2D eigenvalue weighted by molar-refractivity contribution is 6.39. The van der Waals surface area contributed by atoms with Crippen LogP contribution in [-0.4, -0.2) is 40.0 Å². The van der Waals surface area contributed by atoms with E-state index in [-0.39, 0.29) is 5.92 Å². The summed E-state index contributed by atoms with van der Waals surface area (Å²) in [6, 6.07) is 2.98. The molecule has 0 saturated carbocycles. The highest BCUT2D eigenvalue weighted by Crippen LogP contribution is 2.26. The first-order valence-corrected chi connectivity index (χ1v) is 8.18. The van der Waals surface area contributed by atoms with E-state index in [0.717, 1.165) is 25.1 Å². The van der Waals surface area contributed by atoms with Gasteiger partial charge in [0.25, 0.3) is 0 Å². The number of hydrogen-bond acceptors (Lipinski definition) is 6. The van der Waals surface area contributed by atoms with E-state index in [1.54, 1.807) is 30.8 Å². The summed E-state index contributed by atoms with van der Waals surface area (Å²) >= 11 is 0. The van der Waals surface area contributed by atoms with Crippen LogP contribution in [0.3, 0.4) is 0 Å². The van der Waals surface area contributed by atoms with E-state index < -0.39 is 17.9 Å². The summed E-state index contributed by atoms with van der Waals surface area (Å²) in [5.41, 5.74) is 1.40.